The van der Waals surface area contributed by atoms with Gasteiger partial charge in [-0.15, -0.1) is 0 Å². The van der Waals surface area contributed by atoms with Crippen LogP contribution in [0.2, 0.25) is 0 Å². The number of hydrogen-bond acceptors (Lipinski definition) is 3. The highest BCUT2D eigenvalue weighted by molar-refractivity contribution is 6.57. The fourth-order valence-electron chi connectivity index (χ4n) is 0.564. The van der Waals surface area contributed by atoms with Gasteiger partial charge in [0.15, 0.2) is 0 Å². The Morgan fingerprint density at radius 1 is 1.38 bits per heavy atom. The molecule has 0 aromatic heterocycles. The Morgan fingerprint density at radius 3 is 2.08 bits per heavy atom. The second-order valence-electron chi connectivity index (χ2n) is 2.15. The number of carbonyl (C=O) groups is 2. The zero-order valence-corrected chi connectivity index (χ0v) is 8.47. The number of nitrogens with one attached hydrogen (secondary N) is 2. The number of carbonyl (C=O) groups excluding carboxylic acids is 2. The summed E-state index contributed by atoms with van der Waals surface area (Å²) < 4.78 is 35.0. The summed E-state index contributed by atoms with van der Waals surface area (Å²) in [5, 5.41) is 9.34. The Morgan fingerprint density at radius 2 is 1.85 bits per heavy atom. The Hall–Kier alpha value is -0.778. The molecule has 0 heterocycles. The van der Waals surface area contributed by atoms with Gasteiger partial charge in [-0.05, 0) is 0 Å². The molecule has 1 atom stereocenters. The zero-order valence-electron chi connectivity index (χ0n) is 6.47. The molecule has 0 saturated heterocycles. The Kier molecular flexibility index (Phi) is 4.19. The van der Waals surface area contributed by atoms with E-state index in [-0.39, 0.29) is 16.3 Å². The van der Waals surface area contributed by atoms with Crippen molar-refractivity contribution in [2.75, 3.05) is 0 Å². The molecule has 5 nitrogen and oxygen atoms in total. The molecule has 0 fully saturated rings. The first-order valence-corrected chi connectivity index (χ1v) is 4.06. The third kappa shape index (κ3) is 4.12. The van der Waals surface area contributed by atoms with Gasteiger partial charge in [-0.25, -0.2) is 5.48 Å². The van der Waals surface area contributed by atoms with Crippen LogP contribution in [0.15, 0.2) is 0 Å². The quantitative estimate of drug-likeness (QED) is 0.306. The molecule has 9 heteroatoms. The Labute approximate surface area is 78.7 Å². The SMILES string of the molecule is O=[C]([AlH2])NC(C(=O)NO)C(F)(F)F. The maximum atomic E-state index is 11.9. The molecule has 0 aliphatic carbocycles. The summed E-state index contributed by atoms with van der Waals surface area (Å²) in [6, 6.07) is -2.69. The van der Waals surface area contributed by atoms with E-state index >= 15 is 0 Å². The van der Waals surface area contributed by atoms with Crippen LogP contribution >= 0.6 is 0 Å². The highest BCUT2D eigenvalue weighted by Crippen LogP contribution is 2.19. The van der Waals surface area contributed by atoms with Crippen molar-refractivity contribution in [3.63, 3.8) is 0 Å². The molecule has 0 radical (unpaired) electrons. The van der Waals surface area contributed by atoms with Crippen LogP contribution in [0.3, 0.4) is 0 Å². The minimum atomic E-state index is -4.91. The van der Waals surface area contributed by atoms with Gasteiger partial charge in [0, 0.05) is 0 Å². The maximum absolute atomic E-state index is 11.9. The number of halogens is 3. The van der Waals surface area contributed by atoms with Crippen molar-refractivity contribution in [3.05, 3.63) is 0 Å². The first kappa shape index (κ1) is 12.2. The van der Waals surface area contributed by atoms with Crippen LogP contribution in [0.5, 0.6) is 0 Å². The summed E-state index contributed by atoms with van der Waals surface area (Å²) in [5.74, 6) is -1.71. The van der Waals surface area contributed by atoms with E-state index in [9.17, 15) is 22.8 Å². The average Bonchev–Trinajstić information content (AvgIpc) is 1.96. The normalized spacial score (nSPS) is 13.2. The highest BCUT2D eigenvalue weighted by atomic mass is 27.0. The molecule has 1 unspecified atom stereocenters. The molecule has 0 bridgehead atoms. The van der Waals surface area contributed by atoms with Crippen LogP contribution in [0.1, 0.15) is 0 Å². The average molecular weight is 214 g/mol. The molecular formula is C4H6AlF3N2O3. The van der Waals surface area contributed by atoms with Crippen molar-refractivity contribution in [2.45, 2.75) is 12.2 Å². The number of amides is 2. The fraction of sp³-hybridized carbons (Fsp3) is 0.500. The summed E-state index contributed by atoms with van der Waals surface area (Å²) in [4.78, 5) is 20.7. The minimum Gasteiger partial charge on any atom is -0.354 e. The van der Waals surface area contributed by atoms with E-state index in [0.29, 0.717) is 0 Å². The van der Waals surface area contributed by atoms with Crippen LogP contribution in [0, 0.1) is 0 Å². The molecule has 0 spiro atoms. The topological polar surface area (TPSA) is 78.4 Å². The van der Waals surface area contributed by atoms with Gasteiger partial charge in [-0.3, -0.25) is 14.8 Å². The van der Waals surface area contributed by atoms with Crippen molar-refractivity contribution in [2.24, 2.45) is 0 Å². The van der Waals surface area contributed by atoms with Gasteiger partial charge < -0.3 is 5.32 Å². The summed E-state index contributed by atoms with van der Waals surface area (Å²) >= 11 is -0.163. The van der Waals surface area contributed by atoms with Gasteiger partial charge in [0.1, 0.15) is 4.77 Å². The third-order valence-electron chi connectivity index (χ3n) is 1.05. The van der Waals surface area contributed by atoms with Crippen LogP contribution < -0.4 is 10.8 Å². The number of rotatable bonds is 2. The van der Waals surface area contributed by atoms with Crippen molar-refractivity contribution < 1.29 is 28.0 Å². The Balaban J connectivity index is 4.56. The van der Waals surface area contributed by atoms with Crippen molar-refractivity contribution in [1.29, 1.82) is 0 Å². The molecule has 13 heavy (non-hydrogen) atoms. The van der Waals surface area contributed by atoms with Crippen molar-refractivity contribution >= 4 is 27.0 Å². The number of alkyl halides is 3. The molecule has 3 N–H and O–H groups in total. The van der Waals surface area contributed by atoms with Crippen LogP contribution in [-0.2, 0) is 4.79 Å². The lowest BCUT2D eigenvalue weighted by atomic mass is 10.3. The van der Waals surface area contributed by atoms with E-state index in [0.717, 1.165) is 5.48 Å². The monoisotopic (exact) mass is 214 g/mol. The molecular weight excluding hydrogens is 208 g/mol. The van der Waals surface area contributed by atoms with E-state index in [1.807, 2.05) is 0 Å². The second-order valence-corrected chi connectivity index (χ2v) is 3.06. The summed E-state index contributed by atoms with van der Waals surface area (Å²) in [5.41, 5.74) is 0.819. The van der Waals surface area contributed by atoms with Crippen LogP contribution in [0.4, 0.5) is 18.0 Å². The van der Waals surface area contributed by atoms with Gasteiger partial charge in [-0.2, -0.15) is 13.2 Å². The van der Waals surface area contributed by atoms with E-state index in [1.165, 1.54) is 5.32 Å². The van der Waals surface area contributed by atoms with E-state index in [1.54, 1.807) is 0 Å². The standard InChI is InChI=1S/C4H4F3N2O3.Al.2H/c5-4(6,7)2(8-1-10)3(11)9-12;;;/h2,12H,(H,8,10)(H,9,11);;;. The van der Waals surface area contributed by atoms with Gasteiger partial charge in [-0.1, -0.05) is 0 Å². The molecule has 0 aromatic rings. The number of hydroxylamine groups is 1. The zero-order chi connectivity index (χ0) is 10.6. The molecule has 0 rings (SSSR count). The molecule has 0 aliphatic heterocycles. The van der Waals surface area contributed by atoms with Gasteiger partial charge in [0.2, 0.25) is 6.04 Å². The summed E-state index contributed by atoms with van der Waals surface area (Å²) in [6.45, 7) is 0. The van der Waals surface area contributed by atoms with E-state index in [2.05, 4.69) is 0 Å². The highest BCUT2D eigenvalue weighted by Gasteiger charge is 2.45. The van der Waals surface area contributed by atoms with Crippen molar-refractivity contribution in [3.8, 4) is 0 Å². The van der Waals surface area contributed by atoms with E-state index < -0.39 is 22.9 Å². The van der Waals surface area contributed by atoms with E-state index in [4.69, 9.17) is 5.21 Å². The predicted molar refractivity (Wildman–Crippen MR) is 36.8 cm³/mol. The lowest BCUT2D eigenvalue weighted by molar-refractivity contribution is -0.171. The second kappa shape index (κ2) is 4.46. The largest absolute Gasteiger partial charge is 0.417 e. The molecule has 0 aliphatic rings. The van der Waals surface area contributed by atoms with Gasteiger partial charge in [0.25, 0.3) is 5.91 Å². The summed E-state index contributed by atoms with van der Waals surface area (Å²) in [6.07, 6.45) is -4.91. The third-order valence-corrected chi connectivity index (χ3v) is 1.34. The maximum Gasteiger partial charge on any atom is 0.417 e. The first-order valence-electron chi connectivity index (χ1n) is 3.06. The van der Waals surface area contributed by atoms with Crippen LogP contribution in [-0.4, -0.2) is 44.4 Å². The van der Waals surface area contributed by atoms with Crippen molar-refractivity contribution in [1.82, 2.24) is 10.8 Å². The van der Waals surface area contributed by atoms with Gasteiger partial charge >= 0.3 is 22.5 Å². The molecule has 2 amide bonds. The lowest BCUT2D eigenvalue weighted by Crippen LogP contribution is -2.54. The predicted octanol–water partition coefficient (Wildman–Crippen LogP) is -1.23. The first-order chi connectivity index (χ1) is 5.79. The molecule has 74 valence electrons. The number of hydrogen-bond donors (Lipinski definition) is 3. The molecule has 0 aromatic carbocycles. The molecule has 0 saturated carbocycles. The smallest absolute Gasteiger partial charge is 0.354 e. The Bertz CT molecular complexity index is 219. The summed E-state index contributed by atoms with van der Waals surface area (Å²) in [7, 11) is 0. The van der Waals surface area contributed by atoms with Gasteiger partial charge in [0.05, 0.1) is 0 Å². The van der Waals surface area contributed by atoms with Crippen LogP contribution in [0.25, 0.3) is 0 Å². The minimum absolute atomic E-state index is 0.163. The lowest BCUT2D eigenvalue weighted by Gasteiger charge is -2.18. The fourth-order valence-corrected chi connectivity index (χ4v) is 0.853.